The molecule has 0 bridgehead atoms. The highest BCUT2D eigenvalue weighted by atomic mass is 32.2. The summed E-state index contributed by atoms with van der Waals surface area (Å²) in [7, 11) is -1.65. The SMILES string of the molecule is CC(=O)N(C)Cc1ccc(S(=O)(=O)N2CCCCC2)cc1. The molecule has 1 aliphatic heterocycles. The van der Waals surface area contributed by atoms with Crippen LogP contribution >= 0.6 is 0 Å². The summed E-state index contributed by atoms with van der Waals surface area (Å²) in [5.74, 6) is -0.0139. The van der Waals surface area contributed by atoms with Crippen molar-refractivity contribution in [3.63, 3.8) is 0 Å². The van der Waals surface area contributed by atoms with Crippen molar-refractivity contribution in [1.82, 2.24) is 9.21 Å². The molecule has 5 nitrogen and oxygen atoms in total. The van der Waals surface area contributed by atoms with Crippen LogP contribution in [0, 0.1) is 0 Å². The predicted octanol–water partition coefficient (Wildman–Crippen LogP) is 1.84. The van der Waals surface area contributed by atoms with Crippen molar-refractivity contribution in [3.8, 4) is 0 Å². The molecular formula is C15H22N2O3S. The van der Waals surface area contributed by atoms with Crippen molar-refractivity contribution in [2.24, 2.45) is 0 Å². The normalized spacial score (nSPS) is 16.7. The first-order valence-corrected chi connectivity index (χ1v) is 8.66. The lowest BCUT2D eigenvalue weighted by molar-refractivity contribution is -0.128. The molecule has 1 fully saturated rings. The van der Waals surface area contributed by atoms with E-state index in [1.807, 2.05) is 0 Å². The Morgan fingerprint density at radius 1 is 1.14 bits per heavy atom. The van der Waals surface area contributed by atoms with Gasteiger partial charge >= 0.3 is 0 Å². The fraction of sp³-hybridized carbons (Fsp3) is 0.533. The number of carbonyl (C=O) groups is 1. The monoisotopic (exact) mass is 310 g/mol. The third kappa shape index (κ3) is 3.83. The first kappa shape index (κ1) is 16.0. The molecule has 0 radical (unpaired) electrons. The number of hydrogen-bond acceptors (Lipinski definition) is 3. The lowest BCUT2D eigenvalue weighted by Gasteiger charge is -2.26. The average Bonchev–Trinajstić information content (AvgIpc) is 2.48. The maximum absolute atomic E-state index is 12.5. The zero-order valence-corrected chi connectivity index (χ0v) is 13.4. The largest absolute Gasteiger partial charge is 0.342 e. The summed E-state index contributed by atoms with van der Waals surface area (Å²) in [6, 6.07) is 6.81. The van der Waals surface area contributed by atoms with Gasteiger partial charge in [0.2, 0.25) is 15.9 Å². The second-order valence-electron chi connectivity index (χ2n) is 5.48. The third-order valence-electron chi connectivity index (χ3n) is 3.83. The number of carbonyl (C=O) groups excluding carboxylic acids is 1. The highest BCUT2D eigenvalue weighted by Crippen LogP contribution is 2.21. The van der Waals surface area contributed by atoms with Gasteiger partial charge in [0.25, 0.3) is 0 Å². The lowest BCUT2D eigenvalue weighted by Crippen LogP contribution is -2.35. The van der Waals surface area contributed by atoms with Crippen molar-refractivity contribution >= 4 is 15.9 Å². The molecule has 0 unspecified atom stereocenters. The van der Waals surface area contributed by atoms with E-state index < -0.39 is 10.0 Å². The zero-order chi connectivity index (χ0) is 15.5. The summed E-state index contributed by atoms with van der Waals surface area (Å²) < 4.78 is 26.5. The van der Waals surface area contributed by atoms with Crippen LogP contribution in [0.15, 0.2) is 29.2 Å². The van der Waals surface area contributed by atoms with Crippen LogP contribution in [0.5, 0.6) is 0 Å². The van der Waals surface area contributed by atoms with Crippen LogP contribution in [0.4, 0.5) is 0 Å². The van der Waals surface area contributed by atoms with Crippen molar-refractivity contribution < 1.29 is 13.2 Å². The molecule has 1 amide bonds. The van der Waals surface area contributed by atoms with Crippen LogP contribution < -0.4 is 0 Å². The maximum Gasteiger partial charge on any atom is 0.243 e. The van der Waals surface area contributed by atoms with Gasteiger partial charge in [0.05, 0.1) is 4.90 Å². The Kier molecular flexibility index (Phi) is 5.00. The summed E-state index contributed by atoms with van der Waals surface area (Å²) in [6.07, 6.45) is 2.96. The number of rotatable bonds is 4. The van der Waals surface area contributed by atoms with Gasteiger partial charge in [-0.2, -0.15) is 4.31 Å². The van der Waals surface area contributed by atoms with Gasteiger partial charge < -0.3 is 4.90 Å². The van der Waals surface area contributed by atoms with Gasteiger partial charge in [-0.15, -0.1) is 0 Å². The van der Waals surface area contributed by atoms with E-state index in [-0.39, 0.29) is 5.91 Å². The van der Waals surface area contributed by atoms with E-state index in [2.05, 4.69) is 0 Å². The zero-order valence-electron chi connectivity index (χ0n) is 12.6. The number of sulfonamides is 1. The number of benzene rings is 1. The standard InChI is InChI=1S/C15H22N2O3S/c1-13(18)16(2)12-14-6-8-15(9-7-14)21(19,20)17-10-4-3-5-11-17/h6-9H,3-5,10-12H2,1-2H3. The summed E-state index contributed by atoms with van der Waals surface area (Å²) in [6.45, 7) is 3.21. The van der Waals surface area contributed by atoms with Gasteiger partial charge in [0.1, 0.15) is 0 Å². The van der Waals surface area contributed by atoms with E-state index in [0.717, 1.165) is 24.8 Å². The molecule has 6 heteroatoms. The number of hydrogen-bond donors (Lipinski definition) is 0. The Labute approximate surface area is 126 Å². The second-order valence-corrected chi connectivity index (χ2v) is 7.42. The van der Waals surface area contributed by atoms with E-state index in [0.29, 0.717) is 24.5 Å². The van der Waals surface area contributed by atoms with Crippen LogP contribution in [-0.2, 0) is 21.4 Å². The third-order valence-corrected chi connectivity index (χ3v) is 5.75. The molecule has 116 valence electrons. The number of nitrogens with zero attached hydrogens (tertiary/aromatic N) is 2. The molecule has 1 aromatic rings. The van der Waals surface area contributed by atoms with Crippen LogP contribution in [0.3, 0.4) is 0 Å². The Bertz CT molecular complexity index is 590. The fourth-order valence-corrected chi connectivity index (χ4v) is 3.92. The molecule has 0 aliphatic carbocycles. The number of amides is 1. The molecular weight excluding hydrogens is 288 g/mol. The Morgan fingerprint density at radius 2 is 1.71 bits per heavy atom. The molecule has 1 aliphatic rings. The predicted molar refractivity (Wildman–Crippen MR) is 81.2 cm³/mol. The number of piperidine rings is 1. The van der Waals surface area contributed by atoms with Crippen molar-refractivity contribution in [3.05, 3.63) is 29.8 Å². The molecule has 1 heterocycles. The van der Waals surface area contributed by atoms with Gasteiger partial charge in [-0.25, -0.2) is 8.42 Å². The van der Waals surface area contributed by atoms with Crippen LogP contribution in [0.1, 0.15) is 31.7 Å². The summed E-state index contributed by atoms with van der Waals surface area (Å²) in [5, 5.41) is 0. The Morgan fingerprint density at radius 3 is 2.24 bits per heavy atom. The minimum Gasteiger partial charge on any atom is -0.342 e. The van der Waals surface area contributed by atoms with E-state index in [1.165, 1.54) is 6.92 Å². The quantitative estimate of drug-likeness (QED) is 0.852. The molecule has 1 aromatic carbocycles. The molecule has 0 atom stereocenters. The van der Waals surface area contributed by atoms with Gasteiger partial charge in [-0.3, -0.25) is 4.79 Å². The van der Waals surface area contributed by atoms with E-state index in [9.17, 15) is 13.2 Å². The topological polar surface area (TPSA) is 57.7 Å². The Hall–Kier alpha value is -1.40. The summed E-state index contributed by atoms with van der Waals surface area (Å²) in [5.41, 5.74) is 0.922. The molecule has 0 aromatic heterocycles. The minimum absolute atomic E-state index is 0.0139. The lowest BCUT2D eigenvalue weighted by atomic mass is 10.2. The van der Waals surface area contributed by atoms with Crippen molar-refractivity contribution in [1.29, 1.82) is 0 Å². The van der Waals surface area contributed by atoms with Gasteiger partial charge in [0, 0.05) is 33.6 Å². The van der Waals surface area contributed by atoms with Crippen LogP contribution in [0.25, 0.3) is 0 Å². The molecule has 1 saturated heterocycles. The molecule has 0 N–H and O–H groups in total. The summed E-state index contributed by atoms with van der Waals surface area (Å²) in [4.78, 5) is 13.1. The van der Waals surface area contributed by atoms with Gasteiger partial charge in [-0.05, 0) is 30.5 Å². The van der Waals surface area contributed by atoms with E-state index in [4.69, 9.17) is 0 Å². The first-order valence-electron chi connectivity index (χ1n) is 7.22. The van der Waals surface area contributed by atoms with Gasteiger partial charge in [0.15, 0.2) is 0 Å². The molecule has 0 spiro atoms. The second kappa shape index (κ2) is 6.58. The van der Waals surface area contributed by atoms with Crippen molar-refractivity contribution in [2.45, 2.75) is 37.6 Å². The van der Waals surface area contributed by atoms with Crippen molar-refractivity contribution in [2.75, 3.05) is 20.1 Å². The van der Waals surface area contributed by atoms with E-state index >= 15 is 0 Å². The Balaban J connectivity index is 2.12. The molecule has 2 rings (SSSR count). The highest BCUT2D eigenvalue weighted by molar-refractivity contribution is 7.89. The van der Waals surface area contributed by atoms with Gasteiger partial charge in [-0.1, -0.05) is 18.6 Å². The smallest absolute Gasteiger partial charge is 0.243 e. The van der Waals surface area contributed by atoms with E-state index in [1.54, 1.807) is 40.5 Å². The highest BCUT2D eigenvalue weighted by Gasteiger charge is 2.25. The summed E-state index contributed by atoms with van der Waals surface area (Å²) >= 11 is 0. The molecule has 0 saturated carbocycles. The van der Waals surface area contributed by atoms with Crippen LogP contribution in [0.2, 0.25) is 0 Å². The minimum atomic E-state index is -3.37. The maximum atomic E-state index is 12.5. The molecule has 21 heavy (non-hydrogen) atoms. The van der Waals surface area contributed by atoms with Crippen LogP contribution in [-0.4, -0.2) is 43.7 Å². The fourth-order valence-electron chi connectivity index (χ4n) is 2.41. The average molecular weight is 310 g/mol. The first-order chi connectivity index (χ1) is 9.91.